The van der Waals surface area contributed by atoms with Crippen molar-refractivity contribution >= 4 is 17.9 Å². The summed E-state index contributed by atoms with van der Waals surface area (Å²) < 4.78 is 16.6. The van der Waals surface area contributed by atoms with Crippen molar-refractivity contribution in [2.75, 3.05) is 13.2 Å². The van der Waals surface area contributed by atoms with Crippen LogP contribution in [0, 0.1) is 0 Å². The smallest absolute Gasteiger partial charge is 0.306 e. The Kier molecular flexibility index (Phi) is 50.5. The third-order valence-electron chi connectivity index (χ3n) is 11.0. The molecule has 0 aliphatic rings. The van der Waals surface area contributed by atoms with Gasteiger partial charge in [-0.25, -0.2) is 0 Å². The van der Waals surface area contributed by atoms with Crippen LogP contribution in [-0.2, 0) is 28.6 Å². The molecule has 0 amide bonds. The van der Waals surface area contributed by atoms with Crippen LogP contribution >= 0.6 is 0 Å². The van der Waals surface area contributed by atoms with Crippen molar-refractivity contribution in [3.8, 4) is 0 Å². The van der Waals surface area contributed by atoms with Gasteiger partial charge >= 0.3 is 17.9 Å². The van der Waals surface area contributed by atoms with E-state index in [4.69, 9.17) is 14.2 Å². The number of rotatable bonds is 47. The van der Waals surface area contributed by atoms with Crippen LogP contribution in [0.3, 0.4) is 0 Å². The first-order chi connectivity index (χ1) is 32.5. The Hall–Kier alpha value is -3.93. The molecule has 0 fully saturated rings. The first-order valence-electron chi connectivity index (χ1n) is 26.9. The predicted octanol–water partition coefficient (Wildman–Crippen LogP) is 17.9. The largest absolute Gasteiger partial charge is 0.462 e. The van der Waals surface area contributed by atoms with E-state index in [0.717, 1.165) is 96.3 Å². The third-order valence-corrected chi connectivity index (χ3v) is 11.0. The Labute approximate surface area is 406 Å². The second-order valence-electron chi connectivity index (χ2n) is 17.4. The topological polar surface area (TPSA) is 78.9 Å². The van der Waals surface area contributed by atoms with Crippen LogP contribution in [0.25, 0.3) is 0 Å². The lowest BCUT2D eigenvalue weighted by atomic mass is 10.0. The molecule has 0 aliphatic carbocycles. The van der Waals surface area contributed by atoms with E-state index in [1.807, 2.05) is 12.2 Å². The molecule has 1 unspecified atom stereocenters. The molecule has 0 aromatic rings. The molecule has 0 rings (SSSR count). The fourth-order valence-corrected chi connectivity index (χ4v) is 7.07. The summed E-state index contributed by atoms with van der Waals surface area (Å²) in [6.07, 6.45) is 72.8. The fraction of sp³-hybridized carbons (Fsp3) is 0.650. The van der Waals surface area contributed by atoms with E-state index >= 15 is 0 Å². The van der Waals surface area contributed by atoms with E-state index in [1.165, 1.54) is 89.9 Å². The number of hydrogen-bond acceptors (Lipinski definition) is 6. The molecule has 0 bridgehead atoms. The maximum absolute atomic E-state index is 12.7. The van der Waals surface area contributed by atoms with Gasteiger partial charge in [0.05, 0.1) is 0 Å². The number of esters is 3. The van der Waals surface area contributed by atoms with Crippen LogP contribution in [-0.4, -0.2) is 37.2 Å². The van der Waals surface area contributed by atoms with Crippen LogP contribution in [0.5, 0.6) is 0 Å². The second-order valence-corrected chi connectivity index (χ2v) is 17.4. The van der Waals surface area contributed by atoms with E-state index in [1.54, 1.807) is 0 Å². The third kappa shape index (κ3) is 51.1. The average molecular weight is 915 g/mol. The van der Waals surface area contributed by atoms with Gasteiger partial charge in [-0.3, -0.25) is 14.4 Å². The highest BCUT2D eigenvalue weighted by atomic mass is 16.6. The number of allylic oxidation sites excluding steroid dienone is 18. The van der Waals surface area contributed by atoms with Gasteiger partial charge in [-0.1, -0.05) is 233 Å². The predicted molar refractivity (Wildman–Crippen MR) is 283 cm³/mol. The minimum Gasteiger partial charge on any atom is -0.462 e. The lowest BCUT2D eigenvalue weighted by Gasteiger charge is -2.18. The Morgan fingerprint density at radius 3 is 0.985 bits per heavy atom. The number of ether oxygens (including phenoxy) is 3. The van der Waals surface area contributed by atoms with Gasteiger partial charge in [0.2, 0.25) is 0 Å². The fourth-order valence-electron chi connectivity index (χ4n) is 7.07. The van der Waals surface area contributed by atoms with Crippen LogP contribution in [0.15, 0.2) is 109 Å². The molecule has 0 spiro atoms. The van der Waals surface area contributed by atoms with Gasteiger partial charge in [-0.2, -0.15) is 0 Å². The summed E-state index contributed by atoms with van der Waals surface area (Å²) in [6.45, 7) is 6.27. The average Bonchev–Trinajstić information content (AvgIpc) is 3.31. The van der Waals surface area contributed by atoms with E-state index in [0.29, 0.717) is 19.3 Å². The van der Waals surface area contributed by atoms with Gasteiger partial charge in [0.25, 0.3) is 0 Å². The first kappa shape index (κ1) is 62.1. The molecule has 0 aromatic carbocycles. The summed E-state index contributed by atoms with van der Waals surface area (Å²) in [5.41, 5.74) is 0. The molecular weight excluding hydrogens is 817 g/mol. The normalized spacial score (nSPS) is 13.0. The zero-order chi connectivity index (χ0) is 47.9. The lowest BCUT2D eigenvalue weighted by molar-refractivity contribution is -0.166. The summed E-state index contributed by atoms with van der Waals surface area (Å²) in [5, 5.41) is 0. The van der Waals surface area contributed by atoms with Gasteiger partial charge in [-0.05, 0) is 89.9 Å². The van der Waals surface area contributed by atoms with E-state index in [9.17, 15) is 14.4 Å². The molecule has 6 heteroatoms. The quantitative estimate of drug-likeness (QED) is 0.0262. The van der Waals surface area contributed by atoms with Crippen molar-refractivity contribution in [3.63, 3.8) is 0 Å². The number of unbranched alkanes of at least 4 members (excludes halogenated alkanes) is 18. The summed E-state index contributed by atoms with van der Waals surface area (Å²) in [5.74, 6) is -1.00. The summed E-state index contributed by atoms with van der Waals surface area (Å²) in [4.78, 5) is 37.7. The number of carbonyl (C=O) groups is 3. The van der Waals surface area contributed by atoms with E-state index < -0.39 is 12.1 Å². The number of carbonyl (C=O) groups excluding carboxylic acids is 3. The van der Waals surface area contributed by atoms with Gasteiger partial charge in [0.15, 0.2) is 6.10 Å². The molecule has 0 radical (unpaired) electrons. The highest BCUT2D eigenvalue weighted by molar-refractivity contribution is 5.71. The molecule has 0 aromatic heterocycles. The van der Waals surface area contributed by atoms with Gasteiger partial charge in [0.1, 0.15) is 13.2 Å². The maximum atomic E-state index is 12.7. The molecule has 1 atom stereocenters. The Bertz CT molecular complexity index is 1370. The molecule has 0 N–H and O–H groups in total. The molecule has 6 nitrogen and oxygen atoms in total. The minimum absolute atomic E-state index is 0.107. The van der Waals surface area contributed by atoms with Crippen molar-refractivity contribution < 1.29 is 28.6 Å². The van der Waals surface area contributed by atoms with Crippen molar-refractivity contribution in [1.29, 1.82) is 0 Å². The van der Waals surface area contributed by atoms with Crippen LogP contribution < -0.4 is 0 Å². The van der Waals surface area contributed by atoms with Crippen molar-refractivity contribution in [3.05, 3.63) is 109 Å². The van der Waals surface area contributed by atoms with Crippen molar-refractivity contribution in [2.24, 2.45) is 0 Å². The van der Waals surface area contributed by atoms with Gasteiger partial charge < -0.3 is 14.2 Å². The van der Waals surface area contributed by atoms with Gasteiger partial charge in [-0.15, -0.1) is 0 Å². The van der Waals surface area contributed by atoms with Crippen LogP contribution in [0.4, 0.5) is 0 Å². The molecular formula is C60H98O6. The SMILES string of the molecule is CC/C=C\C/C=C\C/C=C\C/C=C\C/C=C\CCCCCCCCCCCCCCCC(=O)OCC(COC(=O)CCCCCCCC)OC(=O)CC/C=C\C/C=C\C/C=C\C/C=C\CC. The zero-order valence-corrected chi connectivity index (χ0v) is 42.7. The Balaban J connectivity index is 4.12. The van der Waals surface area contributed by atoms with E-state index in [-0.39, 0.29) is 31.6 Å². The first-order valence-corrected chi connectivity index (χ1v) is 26.9. The molecule has 374 valence electrons. The lowest BCUT2D eigenvalue weighted by Crippen LogP contribution is -2.30. The summed E-state index contributed by atoms with van der Waals surface area (Å²) in [7, 11) is 0. The van der Waals surface area contributed by atoms with Crippen molar-refractivity contribution in [2.45, 2.75) is 239 Å². The van der Waals surface area contributed by atoms with Crippen LogP contribution in [0.2, 0.25) is 0 Å². The summed E-state index contributed by atoms with van der Waals surface area (Å²) >= 11 is 0. The molecule has 66 heavy (non-hydrogen) atoms. The second kappa shape index (κ2) is 53.7. The van der Waals surface area contributed by atoms with Crippen LogP contribution in [0.1, 0.15) is 233 Å². The molecule has 0 saturated heterocycles. The standard InChI is InChI=1S/C60H98O6/c1-4-7-10-13-16-18-20-22-23-24-25-26-27-28-29-30-31-32-33-34-35-36-37-39-40-42-44-47-50-53-59(62)65-56-57(55-64-58(61)52-49-46-15-12-9-6-3)66-60(63)54-51-48-45-43-41-38-21-19-17-14-11-8-5-2/h7-8,10-11,16-19,22-23,25-26,28-29,38,41,45,48,57H,4-6,9,12-15,20-21,24,27,30-37,39-40,42-44,46-47,49-56H2,1-3H3/b10-7-,11-8-,18-16-,19-17-,23-22-,26-25-,29-28-,41-38-,48-45-. The number of hydrogen-bond donors (Lipinski definition) is 0. The van der Waals surface area contributed by atoms with E-state index in [2.05, 4.69) is 118 Å². The van der Waals surface area contributed by atoms with Gasteiger partial charge in [0, 0.05) is 19.3 Å². The highest BCUT2D eigenvalue weighted by Gasteiger charge is 2.19. The summed E-state index contributed by atoms with van der Waals surface area (Å²) in [6, 6.07) is 0. The van der Waals surface area contributed by atoms with Crippen molar-refractivity contribution in [1.82, 2.24) is 0 Å². The molecule has 0 heterocycles. The maximum Gasteiger partial charge on any atom is 0.306 e. The molecule has 0 aliphatic heterocycles. The zero-order valence-electron chi connectivity index (χ0n) is 42.7. The Morgan fingerprint density at radius 2 is 0.621 bits per heavy atom. The Morgan fingerprint density at radius 1 is 0.318 bits per heavy atom. The monoisotopic (exact) mass is 915 g/mol. The minimum atomic E-state index is -0.812. The molecule has 0 saturated carbocycles. The highest BCUT2D eigenvalue weighted by Crippen LogP contribution is 2.15.